The van der Waals surface area contributed by atoms with Crippen molar-refractivity contribution in [3.63, 3.8) is 0 Å². The topological polar surface area (TPSA) is 71.1 Å². The number of aromatic nitrogens is 1. The standard InChI is InChI=1S/C18H15N3O2S2/c1-2-9-19-16(22)12-6-3-4-7-13(12)20-17(23)14-11-25-18(21-14)15-8-5-10-24-15/h2-8,10-11H,1,9H2,(H,19,22)(H,20,23). The molecule has 3 rings (SSSR count). The van der Waals surface area contributed by atoms with Crippen LogP contribution in [0.25, 0.3) is 9.88 Å². The number of nitrogens with one attached hydrogen (secondary N) is 2. The summed E-state index contributed by atoms with van der Waals surface area (Å²) in [5.41, 5.74) is 1.17. The predicted molar refractivity (Wildman–Crippen MR) is 102 cm³/mol. The first-order valence-corrected chi connectivity index (χ1v) is 9.24. The van der Waals surface area contributed by atoms with Crippen molar-refractivity contribution < 1.29 is 9.59 Å². The monoisotopic (exact) mass is 369 g/mol. The van der Waals surface area contributed by atoms with Crippen molar-refractivity contribution >= 4 is 40.2 Å². The smallest absolute Gasteiger partial charge is 0.275 e. The number of amides is 2. The van der Waals surface area contributed by atoms with Crippen LogP contribution in [0.3, 0.4) is 0 Å². The molecule has 0 aliphatic heterocycles. The van der Waals surface area contributed by atoms with E-state index in [-0.39, 0.29) is 11.8 Å². The molecule has 0 saturated heterocycles. The fourth-order valence-corrected chi connectivity index (χ4v) is 3.74. The summed E-state index contributed by atoms with van der Waals surface area (Å²) in [6, 6.07) is 10.8. The van der Waals surface area contributed by atoms with Gasteiger partial charge in [0.05, 0.1) is 16.1 Å². The van der Waals surface area contributed by atoms with Crippen LogP contribution in [0.15, 0.2) is 59.8 Å². The SMILES string of the molecule is C=CCNC(=O)c1ccccc1NC(=O)c1csc(-c2cccs2)n1. The summed E-state index contributed by atoms with van der Waals surface area (Å²) in [5, 5.41) is 9.95. The van der Waals surface area contributed by atoms with E-state index in [0.717, 1.165) is 9.88 Å². The average Bonchev–Trinajstić information content (AvgIpc) is 3.31. The second kappa shape index (κ2) is 7.87. The summed E-state index contributed by atoms with van der Waals surface area (Å²) in [5.74, 6) is -0.614. The number of nitrogens with zero attached hydrogens (tertiary/aromatic N) is 1. The number of anilines is 1. The number of benzene rings is 1. The fourth-order valence-electron chi connectivity index (χ4n) is 2.13. The van der Waals surface area contributed by atoms with E-state index < -0.39 is 0 Å². The van der Waals surface area contributed by atoms with E-state index in [1.165, 1.54) is 11.3 Å². The average molecular weight is 369 g/mol. The van der Waals surface area contributed by atoms with Gasteiger partial charge in [-0.3, -0.25) is 9.59 Å². The minimum Gasteiger partial charge on any atom is -0.349 e. The van der Waals surface area contributed by atoms with Crippen LogP contribution in [0, 0.1) is 0 Å². The number of carbonyl (C=O) groups is 2. The quantitative estimate of drug-likeness (QED) is 0.644. The number of thiophene rings is 1. The maximum atomic E-state index is 12.5. The van der Waals surface area contributed by atoms with E-state index in [9.17, 15) is 9.59 Å². The third kappa shape index (κ3) is 4.01. The highest BCUT2D eigenvalue weighted by molar-refractivity contribution is 7.20. The van der Waals surface area contributed by atoms with Crippen LogP contribution in [0.1, 0.15) is 20.8 Å². The molecule has 0 bridgehead atoms. The maximum Gasteiger partial charge on any atom is 0.275 e. The molecule has 0 atom stereocenters. The molecule has 0 fully saturated rings. The first-order chi connectivity index (χ1) is 12.2. The molecule has 0 unspecified atom stereocenters. The van der Waals surface area contributed by atoms with Crippen LogP contribution in [0.5, 0.6) is 0 Å². The lowest BCUT2D eigenvalue weighted by Crippen LogP contribution is -2.25. The first kappa shape index (κ1) is 17.1. The minimum atomic E-state index is -0.344. The summed E-state index contributed by atoms with van der Waals surface area (Å²) in [6.07, 6.45) is 1.60. The molecule has 2 N–H and O–H groups in total. The Bertz CT molecular complexity index is 901. The number of thiazole rings is 1. The molecule has 0 saturated carbocycles. The third-order valence-corrected chi connectivity index (χ3v) is 5.18. The fraction of sp³-hybridized carbons (Fsp3) is 0.0556. The van der Waals surface area contributed by atoms with Gasteiger partial charge in [0, 0.05) is 11.9 Å². The van der Waals surface area contributed by atoms with Crippen molar-refractivity contribution in [3.8, 4) is 9.88 Å². The number of hydrogen-bond donors (Lipinski definition) is 2. The predicted octanol–water partition coefficient (Wildman–Crippen LogP) is 4.04. The number of carbonyl (C=O) groups excluding carboxylic acids is 2. The van der Waals surface area contributed by atoms with Crippen molar-refractivity contribution in [1.29, 1.82) is 0 Å². The summed E-state index contributed by atoms with van der Waals surface area (Å²) >= 11 is 2.99. The zero-order chi connectivity index (χ0) is 17.6. The summed E-state index contributed by atoms with van der Waals surface area (Å²) in [6.45, 7) is 3.93. The Morgan fingerprint density at radius 2 is 1.96 bits per heavy atom. The maximum absolute atomic E-state index is 12.5. The van der Waals surface area contributed by atoms with Gasteiger partial charge in [-0.15, -0.1) is 29.3 Å². The zero-order valence-corrected chi connectivity index (χ0v) is 14.8. The van der Waals surface area contributed by atoms with E-state index in [2.05, 4.69) is 22.2 Å². The highest BCUT2D eigenvalue weighted by atomic mass is 32.1. The molecular formula is C18H15N3O2S2. The summed E-state index contributed by atoms with van der Waals surface area (Å²) in [4.78, 5) is 30.1. The van der Waals surface area contributed by atoms with Gasteiger partial charge in [-0.05, 0) is 23.6 Å². The molecule has 2 aromatic heterocycles. The van der Waals surface area contributed by atoms with Crippen LogP contribution >= 0.6 is 22.7 Å². The van der Waals surface area contributed by atoms with E-state index in [0.29, 0.717) is 23.5 Å². The van der Waals surface area contributed by atoms with Crippen molar-refractivity contribution in [2.24, 2.45) is 0 Å². The minimum absolute atomic E-state index is 0.270. The molecule has 2 amide bonds. The zero-order valence-electron chi connectivity index (χ0n) is 13.2. The second-order valence-corrected chi connectivity index (χ2v) is 6.82. The van der Waals surface area contributed by atoms with Crippen molar-refractivity contribution in [2.75, 3.05) is 11.9 Å². The van der Waals surface area contributed by atoms with Crippen LogP contribution in [-0.4, -0.2) is 23.3 Å². The molecule has 0 radical (unpaired) electrons. The molecule has 0 aliphatic rings. The van der Waals surface area contributed by atoms with Gasteiger partial charge < -0.3 is 10.6 Å². The Labute approximate surface area is 153 Å². The molecule has 1 aromatic carbocycles. The molecule has 3 aromatic rings. The number of rotatable bonds is 6. The molecule has 126 valence electrons. The number of hydrogen-bond acceptors (Lipinski definition) is 5. The van der Waals surface area contributed by atoms with Gasteiger partial charge >= 0.3 is 0 Å². The number of para-hydroxylation sites is 1. The van der Waals surface area contributed by atoms with Crippen LogP contribution in [-0.2, 0) is 0 Å². The Morgan fingerprint density at radius 1 is 1.12 bits per heavy atom. The largest absolute Gasteiger partial charge is 0.349 e. The summed E-state index contributed by atoms with van der Waals surface area (Å²) in [7, 11) is 0. The van der Waals surface area contributed by atoms with Crippen molar-refractivity contribution in [1.82, 2.24) is 10.3 Å². The van der Waals surface area contributed by atoms with Crippen LogP contribution in [0.4, 0.5) is 5.69 Å². The summed E-state index contributed by atoms with van der Waals surface area (Å²) < 4.78 is 0. The Balaban J connectivity index is 1.77. The van der Waals surface area contributed by atoms with Crippen molar-refractivity contribution in [3.05, 3.63) is 71.1 Å². The molecule has 0 spiro atoms. The lowest BCUT2D eigenvalue weighted by Gasteiger charge is -2.09. The Hall–Kier alpha value is -2.77. The normalized spacial score (nSPS) is 10.2. The van der Waals surface area contributed by atoms with E-state index in [4.69, 9.17) is 0 Å². The highest BCUT2D eigenvalue weighted by Gasteiger charge is 2.16. The van der Waals surface area contributed by atoms with Gasteiger partial charge in [-0.1, -0.05) is 24.3 Å². The van der Waals surface area contributed by atoms with Gasteiger partial charge in [0.2, 0.25) is 0 Å². The van der Waals surface area contributed by atoms with E-state index in [1.54, 1.807) is 47.1 Å². The Kier molecular flexibility index (Phi) is 5.37. The lowest BCUT2D eigenvalue weighted by molar-refractivity contribution is 0.0959. The van der Waals surface area contributed by atoms with Gasteiger partial charge in [0.25, 0.3) is 11.8 Å². The third-order valence-electron chi connectivity index (χ3n) is 3.30. The Morgan fingerprint density at radius 3 is 2.72 bits per heavy atom. The molecular weight excluding hydrogens is 354 g/mol. The molecule has 7 heteroatoms. The highest BCUT2D eigenvalue weighted by Crippen LogP contribution is 2.28. The van der Waals surface area contributed by atoms with Gasteiger partial charge in [-0.25, -0.2) is 4.98 Å². The van der Waals surface area contributed by atoms with Crippen LogP contribution < -0.4 is 10.6 Å². The molecule has 2 heterocycles. The first-order valence-electron chi connectivity index (χ1n) is 7.48. The molecule has 0 aliphatic carbocycles. The van der Waals surface area contributed by atoms with E-state index in [1.807, 2.05) is 17.5 Å². The van der Waals surface area contributed by atoms with Crippen LogP contribution in [0.2, 0.25) is 0 Å². The second-order valence-electron chi connectivity index (χ2n) is 5.01. The molecule has 5 nitrogen and oxygen atoms in total. The van der Waals surface area contributed by atoms with Gasteiger partial charge in [-0.2, -0.15) is 0 Å². The lowest BCUT2D eigenvalue weighted by atomic mass is 10.1. The van der Waals surface area contributed by atoms with Gasteiger partial charge in [0.1, 0.15) is 10.7 Å². The molecule has 25 heavy (non-hydrogen) atoms. The van der Waals surface area contributed by atoms with E-state index >= 15 is 0 Å². The van der Waals surface area contributed by atoms with Gasteiger partial charge in [0.15, 0.2) is 0 Å². The van der Waals surface area contributed by atoms with Crippen molar-refractivity contribution in [2.45, 2.75) is 0 Å².